The Morgan fingerprint density at radius 1 is 1.47 bits per heavy atom. The first kappa shape index (κ1) is 11.9. The molecule has 1 atom stereocenters. The van der Waals surface area contributed by atoms with Crippen LogP contribution in [0.25, 0.3) is 0 Å². The molecule has 0 amide bonds. The highest BCUT2D eigenvalue weighted by molar-refractivity contribution is 5.72. The van der Waals surface area contributed by atoms with Crippen LogP contribution in [-0.4, -0.2) is 24.5 Å². The zero-order chi connectivity index (χ0) is 11.3. The first-order chi connectivity index (χ1) is 7.15. The molecule has 0 bridgehead atoms. The number of nitro groups is 1. The Morgan fingerprint density at radius 3 is 2.53 bits per heavy atom. The fourth-order valence-corrected chi connectivity index (χ4v) is 2.26. The molecule has 1 aliphatic rings. The lowest BCUT2D eigenvalue weighted by Crippen LogP contribution is -2.32. The molecule has 0 aromatic rings. The molecular weight excluding hydrogens is 198 g/mol. The Kier molecular flexibility index (Phi) is 4.52. The second-order valence-electron chi connectivity index (χ2n) is 4.04. The van der Waals surface area contributed by atoms with Gasteiger partial charge in [0.05, 0.1) is 7.11 Å². The predicted molar refractivity (Wildman–Crippen MR) is 53.9 cm³/mol. The highest BCUT2D eigenvalue weighted by Crippen LogP contribution is 2.30. The van der Waals surface area contributed by atoms with Crippen molar-refractivity contribution in [1.29, 1.82) is 0 Å². The summed E-state index contributed by atoms with van der Waals surface area (Å²) >= 11 is 0. The predicted octanol–water partition coefficient (Wildman–Crippen LogP) is 1.63. The van der Waals surface area contributed by atoms with Crippen LogP contribution in [0.15, 0.2) is 0 Å². The number of esters is 1. The van der Waals surface area contributed by atoms with Crippen molar-refractivity contribution in [3.8, 4) is 0 Å². The molecule has 0 aliphatic heterocycles. The average molecular weight is 215 g/mol. The third-order valence-electron chi connectivity index (χ3n) is 3.07. The summed E-state index contributed by atoms with van der Waals surface area (Å²) in [7, 11) is 1.29. The number of hydrogen-bond acceptors (Lipinski definition) is 4. The third-order valence-corrected chi connectivity index (χ3v) is 3.07. The molecule has 5 nitrogen and oxygen atoms in total. The maximum atomic E-state index is 11.4. The van der Waals surface area contributed by atoms with Crippen LogP contribution in [0.2, 0.25) is 0 Å². The lowest BCUT2D eigenvalue weighted by atomic mass is 9.80. The molecule has 0 saturated heterocycles. The zero-order valence-corrected chi connectivity index (χ0v) is 8.98. The van der Waals surface area contributed by atoms with Crippen LogP contribution < -0.4 is 0 Å². The Balaban J connectivity index is 2.60. The van der Waals surface area contributed by atoms with Gasteiger partial charge in [0.2, 0.25) is 6.54 Å². The summed E-state index contributed by atoms with van der Waals surface area (Å²) in [5.41, 5.74) is 0. The number of ether oxygens (including phenoxy) is 1. The lowest BCUT2D eigenvalue weighted by molar-refractivity contribution is -0.488. The fourth-order valence-electron chi connectivity index (χ4n) is 2.26. The van der Waals surface area contributed by atoms with Crippen molar-refractivity contribution >= 4 is 5.97 Å². The van der Waals surface area contributed by atoms with E-state index >= 15 is 0 Å². The van der Waals surface area contributed by atoms with Crippen LogP contribution in [0, 0.1) is 22.0 Å². The summed E-state index contributed by atoms with van der Waals surface area (Å²) in [6.45, 7) is -0.294. The van der Waals surface area contributed by atoms with Gasteiger partial charge in [0.1, 0.15) is 5.92 Å². The standard InChI is InChI=1S/C10H17NO4/c1-15-10(12)9(7-11(13)14)8-5-3-2-4-6-8/h8-9H,2-7H2,1H3. The van der Waals surface area contributed by atoms with Crippen LogP contribution in [-0.2, 0) is 9.53 Å². The molecule has 15 heavy (non-hydrogen) atoms. The molecular formula is C10H17NO4. The summed E-state index contributed by atoms with van der Waals surface area (Å²) in [6, 6.07) is 0. The number of carbonyl (C=O) groups excluding carboxylic acids is 1. The van der Waals surface area contributed by atoms with Crippen LogP contribution in [0.1, 0.15) is 32.1 Å². The minimum Gasteiger partial charge on any atom is -0.469 e. The van der Waals surface area contributed by atoms with Crippen molar-refractivity contribution in [2.75, 3.05) is 13.7 Å². The van der Waals surface area contributed by atoms with E-state index in [0.717, 1.165) is 25.7 Å². The van der Waals surface area contributed by atoms with Crippen molar-refractivity contribution in [2.24, 2.45) is 11.8 Å². The highest BCUT2D eigenvalue weighted by atomic mass is 16.6. The van der Waals surface area contributed by atoms with Crippen molar-refractivity contribution in [1.82, 2.24) is 0 Å². The molecule has 0 aromatic heterocycles. The van der Waals surface area contributed by atoms with Crippen molar-refractivity contribution in [3.05, 3.63) is 10.1 Å². The van der Waals surface area contributed by atoms with Crippen molar-refractivity contribution in [3.63, 3.8) is 0 Å². The van der Waals surface area contributed by atoms with Gasteiger partial charge in [0, 0.05) is 4.92 Å². The van der Waals surface area contributed by atoms with Gasteiger partial charge in [-0.05, 0) is 18.8 Å². The minimum absolute atomic E-state index is 0.136. The SMILES string of the molecule is COC(=O)C(C[N+](=O)[O-])C1CCCCC1. The van der Waals surface area contributed by atoms with Crippen LogP contribution >= 0.6 is 0 Å². The summed E-state index contributed by atoms with van der Waals surface area (Å²) in [6.07, 6.45) is 5.12. The molecule has 1 rings (SSSR count). The van der Waals surface area contributed by atoms with E-state index < -0.39 is 16.8 Å². The van der Waals surface area contributed by atoms with E-state index in [1.54, 1.807) is 0 Å². The number of methoxy groups -OCH3 is 1. The van der Waals surface area contributed by atoms with Gasteiger partial charge in [-0.15, -0.1) is 0 Å². The summed E-state index contributed by atoms with van der Waals surface area (Å²) < 4.78 is 4.62. The molecule has 86 valence electrons. The molecule has 0 spiro atoms. The minimum atomic E-state index is -0.551. The Morgan fingerprint density at radius 2 is 2.07 bits per heavy atom. The quantitative estimate of drug-likeness (QED) is 0.406. The Hall–Kier alpha value is -1.13. The molecule has 1 saturated carbocycles. The summed E-state index contributed by atoms with van der Waals surface area (Å²) in [4.78, 5) is 21.5. The fraction of sp³-hybridized carbons (Fsp3) is 0.900. The maximum absolute atomic E-state index is 11.4. The topological polar surface area (TPSA) is 69.4 Å². The molecule has 1 fully saturated rings. The number of rotatable bonds is 4. The van der Waals surface area contributed by atoms with Gasteiger partial charge < -0.3 is 4.74 Å². The zero-order valence-electron chi connectivity index (χ0n) is 8.98. The maximum Gasteiger partial charge on any atom is 0.315 e. The van der Waals surface area contributed by atoms with Crippen LogP contribution in [0.4, 0.5) is 0 Å². The van der Waals surface area contributed by atoms with E-state index in [9.17, 15) is 14.9 Å². The largest absolute Gasteiger partial charge is 0.469 e. The monoisotopic (exact) mass is 215 g/mol. The third kappa shape index (κ3) is 3.49. The smallest absolute Gasteiger partial charge is 0.315 e. The molecule has 1 aliphatic carbocycles. The molecule has 0 N–H and O–H groups in total. The van der Waals surface area contributed by atoms with Crippen molar-refractivity contribution in [2.45, 2.75) is 32.1 Å². The van der Waals surface area contributed by atoms with Gasteiger partial charge in [0.25, 0.3) is 0 Å². The van der Waals surface area contributed by atoms with E-state index in [1.807, 2.05) is 0 Å². The van der Waals surface area contributed by atoms with Gasteiger partial charge in [-0.1, -0.05) is 19.3 Å². The Labute approximate surface area is 88.9 Å². The molecule has 0 radical (unpaired) electrons. The molecule has 0 aromatic carbocycles. The van der Waals surface area contributed by atoms with Gasteiger partial charge in [-0.3, -0.25) is 14.9 Å². The Bertz CT molecular complexity index is 236. The molecule has 0 heterocycles. The van der Waals surface area contributed by atoms with E-state index in [1.165, 1.54) is 13.5 Å². The summed E-state index contributed by atoms with van der Waals surface area (Å²) in [5, 5.41) is 10.5. The van der Waals surface area contributed by atoms with Gasteiger partial charge in [-0.25, -0.2) is 0 Å². The van der Waals surface area contributed by atoms with E-state index in [4.69, 9.17) is 0 Å². The highest BCUT2D eigenvalue weighted by Gasteiger charge is 2.34. The van der Waals surface area contributed by atoms with Crippen molar-refractivity contribution < 1.29 is 14.5 Å². The second-order valence-corrected chi connectivity index (χ2v) is 4.04. The lowest BCUT2D eigenvalue weighted by Gasteiger charge is -2.25. The van der Waals surface area contributed by atoms with E-state index in [2.05, 4.69) is 4.74 Å². The average Bonchev–Trinajstić information content (AvgIpc) is 2.26. The normalized spacial score (nSPS) is 19.5. The van der Waals surface area contributed by atoms with Crippen LogP contribution in [0.5, 0.6) is 0 Å². The first-order valence-corrected chi connectivity index (χ1v) is 5.34. The second kappa shape index (κ2) is 5.68. The molecule has 1 unspecified atom stereocenters. The molecule has 5 heteroatoms. The number of nitrogens with zero attached hydrogens (tertiary/aromatic N) is 1. The van der Waals surface area contributed by atoms with Gasteiger partial charge in [0.15, 0.2) is 0 Å². The van der Waals surface area contributed by atoms with Gasteiger partial charge >= 0.3 is 5.97 Å². The van der Waals surface area contributed by atoms with E-state index in [-0.39, 0.29) is 12.5 Å². The van der Waals surface area contributed by atoms with Gasteiger partial charge in [-0.2, -0.15) is 0 Å². The summed E-state index contributed by atoms with van der Waals surface area (Å²) in [5.74, 6) is -0.847. The first-order valence-electron chi connectivity index (χ1n) is 5.34. The van der Waals surface area contributed by atoms with Crippen LogP contribution in [0.3, 0.4) is 0 Å². The number of carbonyl (C=O) groups is 1. The van der Waals surface area contributed by atoms with E-state index in [0.29, 0.717) is 0 Å². The number of hydrogen-bond donors (Lipinski definition) is 0.